The fraction of sp³-hybridized carbons (Fsp3) is 0.105. The Morgan fingerprint density at radius 1 is 1.27 bits per heavy atom. The number of carbonyl (C=O) groups excluding carboxylic acids is 1. The van der Waals surface area contributed by atoms with Crippen molar-refractivity contribution in [1.82, 2.24) is 4.98 Å². The van der Waals surface area contributed by atoms with Gasteiger partial charge in [-0.1, -0.05) is 53.2 Å². The third-order valence-corrected chi connectivity index (χ3v) is 4.90. The van der Waals surface area contributed by atoms with Gasteiger partial charge in [0.05, 0.1) is 22.5 Å². The molecule has 0 unspecified atom stereocenters. The average molecular weight is 389 g/mol. The van der Waals surface area contributed by atoms with Crippen molar-refractivity contribution in [3.05, 3.63) is 76.0 Å². The molecule has 2 aromatic carbocycles. The van der Waals surface area contributed by atoms with Gasteiger partial charge in [-0.25, -0.2) is 9.37 Å². The monoisotopic (exact) mass is 388 g/mol. The van der Waals surface area contributed by atoms with Gasteiger partial charge in [-0.15, -0.1) is 11.3 Å². The number of thiazole rings is 1. The second kappa shape index (κ2) is 8.69. The van der Waals surface area contributed by atoms with Gasteiger partial charge >= 0.3 is 0 Å². The van der Waals surface area contributed by atoms with E-state index in [-0.39, 0.29) is 23.8 Å². The molecule has 4 nitrogen and oxygen atoms in total. The van der Waals surface area contributed by atoms with E-state index < -0.39 is 5.82 Å². The number of rotatable bonds is 7. The summed E-state index contributed by atoms with van der Waals surface area (Å²) in [4.78, 5) is 22.1. The second-order valence-corrected chi connectivity index (χ2v) is 6.76. The van der Waals surface area contributed by atoms with Crippen LogP contribution in [0.3, 0.4) is 0 Å². The fourth-order valence-electron chi connectivity index (χ4n) is 2.14. The van der Waals surface area contributed by atoms with Crippen molar-refractivity contribution in [2.24, 2.45) is 5.16 Å². The highest BCUT2D eigenvalue weighted by Crippen LogP contribution is 2.25. The highest BCUT2D eigenvalue weighted by molar-refractivity contribution is 7.17. The minimum atomic E-state index is -0.410. The molecule has 0 saturated carbocycles. The van der Waals surface area contributed by atoms with Gasteiger partial charge in [0.15, 0.2) is 5.78 Å². The quantitative estimate of drug-likeness (QED) is 0.310. The number of nitrogens with zero attached hydrogens (tertiary/aromatic N) is 2. The number of Topliss-reactive ketones (excluding diaryl/α,β-unsaturated/α-hetero) is 1. The lowest BCUT2D eigenvalue weighted by Gasteiger charge is -2.02. The van der Waals surface area contributed by atoms with E-state index >= 15 is 0 Å². The van der Waals surface area contributed by atoms with E-state index in [9.17, 15) is 9.18 Å². The number of aromatic nitrogens is 1. The zero-order valence-corrected chi connectivity index (χ0v) is 15.1. The van der Waals surface area contributed by atoms with Crippen LogP contribution in [0.25, 0.3) is 10.6 Å². The van der Waals surface area contributed by atoms with Crippen molar-refractivity contribution in [2.45, 2.75) is 13.0 Å². The molecule has 0 fully saturated rings. The van der Waals surface area contributed by atoms with Gasteiger partial charge in [-0.2, -0.15) is 0 Å². The molecular formula is C19H14ClFN2O2S. The first-order valence-corrected chi connectivity index (χ1v) is 8.95. The molecule has 0 aliphatic rings. The average Bonchev–Trinajstić information content (AvgIpc) is 3.14. The van der Waals surface area contributed by atoms with Crippen LogP contribution in [0.1, 0.15) is 21.7 Å². The molecule has 3 aromatic rings. The van der Waals surface area contributed by atoms with E-state index in [1.54, 1.807) is 6.20 Å². The first-order valence-electron chi connectivity index (χ1n) is 7.75. The summed E-state index contributed by atoms with van der Waals surface area (Å²) in [6.45, 7) is 0.0997. The molecule has 7 heteroatoms. The molecular weight excluding hydrogens is 375 g/mol. The van der Waals surface area contributed by atoms with Crippen LogP contribution in [0.4, 0.5) is 4.39 Å². The predicted molar refractivity (Wildman–Crippen MR) is 101 cm³/mol. The molecule has 0 saturated heterocycles. The number of hydrogen-bond donors (Lipinski definition) is 0. The summed E-state index contributed by atoms with van der Waals surface area (Å²) in [6, 6.07) is 13.7. The van der Waals surface area contributed by atoms with Gasteiger partial charge in [-0.05, 0) is 12.1 Å². The SMILES string of the molecule is O=C(C/C=N\OCc1ccc(F)cc1Cl)c1cnc(-c2ccccc2)s1. The highest BCUT2D eigenvalue weighted by Gasteiger charge is 2.10. The minimum Gasteiger partial charge on any atom is -0.391 e. The van der Waals surface area contributed by atoms with E-state index in [4.69, 9.17) is 16.4 Å². The Hall–Kier alpha value is -2.57. The standard InChI is InChI=1S/C19H14ClFN2O2S/c20-16-10-15(21)7-6-14(16)12-25-23-9-8-17(24)18-11-22-19(26-18)13-4-2-1-3-5-13/h1-7,9-11H,8,12H2/b23-9-. The van der Waals surface area contributed by atoms with Gasteiger partial charge in [0.1, 0.15) is 17.4 Å². The van der Waals surface area contributed by atoms with Crippen LogP contribution >= 0.6 is 22.9 Å². The minimum absolute atomic E-state index is 0.0863. The highest BCUT2D eigenvalue weighted by atomic mass is 35.5. The topological polar surface area (TPSA) is 51.5 Å². The Bertz CT molecular complexity index is 928. The summed E-state index contributed by atoms with van der Waals surface area (Å²) >= 11 is 7.24. The summed E-state index contributed by atoms with van der Waals surface area (Å²) in [5, 5.41) is 4.82. The van der Waals surface area contributed by atoms with Crippen LogP contribution in [0.5, 0.6) is 0 Å². The molecule has 0 spiro atoms. The Balaban J connectivity index is 1.51. The normalized spacial score (nSPS) is 11.0. The molecule has 0 aliphatic carbocycles. The molecule has 0 bridgehead atoms. The van der Waals surface area contributed by atoms with Crippen molar-refractivity contribution < 1.29 is 14.0 Å². The van der Waals surface area contributed by atoms with Crippen molar-refractivity contribution >= 4 is 34.9 Å². The Morgan fingerprint density at radius 2 is 2.08 bits per heavy atom. The van der Waals surface area contributed by atoms with Crippen LogP contribution in [-0.4, -0.2) is 17.0 Å². The maximum Gasteiger partial charge on any atom is 0.179 e. The van der Waals surface area contributed by atoms with E-state index in [2.05, 4.69) is 10.1 Å². The van der Waals surface area contributed by atoms with Crippen LogP contribution < -0.4 is 0 Å². The molecule has 0 radical (unpaired) electrons. The van der Waals surface area contributed by atoms with Crippen LogP contribution in [0, 0.1) is 5.82 Å². The van der Waals surface area contributed by atoms with Crippen LogP contribution in [0.2, 0.25) is 5.02 Å². The summed E-state index contributed by atoms with van der Waals surface area (Å²) in [5.74, 6) is -0.496. The smallest absolute Gasteiger partial charge is 0.179 e. The van der Waals surface area contributed by atoms with Gasteiger partial charge in [0, 0.05) is 17.3 Å². The summed E-state index contributed by atoms with van der Waals surface area (Å²) in [6.07, 6.45) is 3.07. The number of ketones is 1. The number of benzene rings is 2. The van der Waals surface area contributed by atoms with Gasteiger partial charge in [0.2, 0.25) is 0 Å². The molecule has 1 heterocycles. The lowest BCUT2D eigenvalue weighted by Crippen LogP contribution is -1.97. The lowest BCUT2D eigenvalue weighted by molar-refractivity contribution is 0.0999. The molecule has 132 valence electrons. The van der Waals surface area contributed by atoms with Crippen molar-refractivity contribution in [3.8, 4) is 10.6 Å². The van der Waals surface area contributed by atoms with E-state index in [0.29, 0.717) is 10.4 Å². The van der Waals surface area contributed by atoms with Gasteiger partial charge in [-0.3, -0.25) is 4.79 Å². The first-order chi connectivity index (χ1) is 12.6. The van der Waals surface area contributed by atoms with Crippen molar-refractivity contribution in [3.63, 3.8) is 0 Å². The Morgan fingerprint density at radius 3 is 2.85 bits per heavy atom. The zero-order valence-electron chi connectivity index (χ0n) is 13.6. The van der Waals surface area contributed by atoms with Crippen molar-refractivity contribution in [2.75, 3.05) is 0 Å². The number of hydrogen-bond acceptors (Lipinski definition) is 5. The van der Waals surface area contributed by atoms with E-state index in [1.165, 1.54) is 35.8 Å². The van der Waals surface area contributed by atoms with Crippen molar-refractivity contribution in [1.29, 1.82) is 0 Å². The maximum absolute atomic E-state index is 13.0. The van der Waals surface area contributed by atoms with Gasteiger partial charge in [0.25, 0.3) is 0 Å². The summed E-state index contributed by atoms with van der Waals surface area (Å²) in [7, 11) is 0. The number of carbonyl (C=O) groups is 1. The Kier molecular flexibility index (Phi) is 6.09. The predicted octanol–water partition coefficient (Wildman–Crippen LogP) is 5.38. The molecule has 0 atom stereocenters. The lowest BCUT2D eigenvalue weighted by atomic mass is 10.2. The van der Waals surface area contributed by atoms with E-state index in [1.807, 2.05) is 30.3 Å². The first kappa shape index (κ1) is 18.2. The van der Waals surface area contributed by atoms with Crippen LogP contribution in [-0.2, 0) is 11.4 Å². The number of oxime groups is 1. The third-order valence-electron chi connectivity index (χ3n) is 3.46. The van der Waals surface area contributed by atoms with E-state index in [0.717, 1.165) is 10.6 Å². The zero-order chi connectivity index (χ0) is 18.4. The molecule has 3 rings (SSSR count). The fourth-order valence-corrected chi connectivity index (χ4v) is 3.23. The largest absolute Gasteiger partial charge is 0.391 e. The summed E-state index contributed by atoms with van der Waals surface area (Å²) in [5.41, 5.74) is 1.59. The van der Waals surface area contributed by atoms with Crippen LogP contribution in [0.15, 0.2) is 59.9 Å². The molecule has 0 amide bonds. The Labute approximate surface area is 158 Å². The molecule has 0 aliphatic heterocycles. The van der Waals surface area contributed by atoms with Gasteiger partial charge < -0.3 is 4.84 Å². The second-order valence-electron chi connectivity index (χ2n) is 5.32. The molecule has 26 heavy (non-hydrogen) atoms. The number of halogens is 2. The molecule has 1 aromatic heterocycles. The third kappa shape index (κ3) is 4.74. The summed E-state index contributed by atoms with van der Waals surface area (Å²) < 4.78 is 13.0. The molecule has 0 N–H and O–H groups in total. The maximum atomic E-state index is 13.0.